The number of hydrogen-bond donors (Lipinski definition) is 2. The Morgan fingerprint density at radius 2 is 2.28 bits per heavy atom. The van der Waals surface area contributed by atoms with Crippen LogP contribution in [0.5, 0.6) is 0 Å². The third kappa shape index (κ3) is 2.52. The summed E-state index contributed by atoms with van der Waals surface area (Å²) in [6.45, 7) is 4.34. The van der Waals surface area contributed by atoms with E-state index in [1.165, 1.54) is 0 Å². The predicted octanol–water partition coefficient (Wildman–Crippen LogP) is 2.15. The second-order valence-electron chi connectivity index (χ2n) is 4.68. The van der Waals surface area contributed by atoms with Crippen LogP contribution in [0.1, 0.15) is 18.4 Å². The van der Waals surface area contributed by atoms with E-state index >= 15 is 0 Å². The molecule has 0 aromatic heterocycles. The Balaban J connectivity index is 2.29. The number of carbonyl (C=O) groups is 1. The van der Waals surface area contributed by atoms with Gasteiger partial charge in [0.25, 0.3) is 0 Å². The Hall–Kier alpha value is -1.07. The number of likely N-dealkylation sites (tertiary alicyclic amines) is 1. The van der Waals surface area contributed by atoms with Crippen molar-refractivity contribution >= 4 is 27.6 Å². The van der Waals surface area contributed by atoms with Crippen LogP contribution in [-0.4, -0.2) is 35.6 Å². The van der Waals surface area contributed by atoms with Crippen LogP contribution in [0.15, 0.2) is 22.7 Å². The van der Waals surface area contributed by atoms with Crippen LogP contribution in [0.25, 0.3) is 0 Å². The first-order chi connectivity index (χ1) is 8.52. The molecule has 1 aromatic rings. The SMILES string of the molecule is CCN1CC(C(=O)O)C(c2ccc(Br)c(N)c2)C1. The molecule has 98 valence electrons. The van der Waals surface area contributed by atoms with Gasteiger partial charge in [0, 0.05) is 29.2 Å². The van der Waals surface area contributed by atoms with E-state index in [4.69, 9.17) is 5.73 Å². The third-order valence-corrected chi connectivity index (χ3v) is 4.33. The maximum Gasteiger partial charge on any atom is 0.308 e. The van der Waals surface area contributed by atoms with Crippen LogP contribution < -0.4 is 5.73 Å². The zero-order chi connectivity index (χ0) is 13.3. The van der Waals surface area contributed by atoms with E-state index in [1.54, 1.807) is 0 Å². The van der Waals surface area contributed by atoms with Gasteiger partial charge in [0.2, 0.25) is 0 Å². The average Bonchev–Trinajstić information content (AvgIpc) is 2.77. The van der Waals surface area contributed by atoms with Crippen molar-refractivity contribution in [2.45, 2.75) is 12.8 Å². The molecule has 1 fully saturated rings. The van der Waals surface area contributed by atoms with Crippen LogP contribution in [0.3, 0.4) is 0 Å². The fraction of sp³-hybridized carbons (Fsp3) is 0.462. The van der Waals surface area contributed by atoms with E-state index < -0.39 is 5.97 Å². The second kappa shape index (κ2) is 5.28. The number of aliphatic carboxylic acids is 1. The van der Waals surface area contributed by atoms with Gasteiger partial charge in [-0.1, -0.05) is 13.0 Å². The first-order valence-electron chi connectivity index (χ1n) is 6.03. The normalized spacial score (nSPS) is 24.3. The highest BCUT2D eigenvalue weighted by Crippen LogP contribution is 2.35. The lowest BCUT2D eigenvalue weighted by Gasteiger charge is -2.16. The first-order valence-corrected chi connectivity index (χ1v) is 6.82. The second-order valence-corrected chi connectivity index (χ2v) is 5.54. The summed E-state index contributed by atoms with van der Waals surface area (Å²) in [4.78, 5) is 13.5. The van der Waals surface area contributed by atoms with Gasteiger partial charge >= 0.3 is 5.97 Å². The van der Waals surface area contributed by atoms with E-state index in [1.807, 2.05) is 18.2 Å². The molecule has 2 atom stereocenters. The average molecular weight is 313 g/mol. The van der Waals surface area contributed by atoms with Gasteiger partial charge in [-0.25, -0.2) is 0 Å². The standard InChI is InChI=1S/C13H17BrN2O2/c1-2-16-6-9(10(7-16)13(17)18)8-3-4-11(14)12(15)5-8/h3-5,9-10H,2,6-7,15H2,1H3,(H,17,18). The summed E-state index contributed by atoms with van der Waals surface area (Å²) in [7, 11) is 0. The Morgan fingerprint density at radius 1 is 1.56 bits per heavy atom. The number of rotatable bonds is 3. The summed E-state index contributed by atoms with van der Waals surface area (Å²) < 4.78 is 0.850. The number of carboxylic acids is 1. The van der Waals surface area contributed by atoms with Crippen LogP contribution in [0, 0.1) is 5.92 Å². The molecule has 0 radical (unpaired) electrons. The molecule has 3 N–H and O–H groups in total. The number of benzene rings is 1. The lowest BCUT2D eigenvalue weighted by atomic mass is 9.89. The summed E-state index contributed by atoms with van der Waals surface area (Å²) in [5.41, 5.74) is 7.54. The highest BCUT2D eigenvalue weighted by molar-refractivity contribution is 9.10. The van der Waals surface area contributed by atoms with Gasteiger partial charge in [-0.2, -0.15) is 0 Å². The van der Waals surface area contributed by atoms with Gasteiger partial charge in [0.1, 0.15) is 0 Å². The van der Waals surface area contributed by atoms with E-state index in [0.29, 0.717) is 12.2 Å². The van der Waals surface area contributed by atoms with Gasteiger partial charge in [-0.15, -0.1) is 0 Å². The number of nitrogens with two attached hydrogens (primary N) is 1. The van der Waals surface area contributed by atoms with E-state index in [9.17, 15) is 9.90 Å². The van der Waals surface area contributed by atoms with E-state index in [2.05, 4.69) is 27.8 Å². The van der Waals surface area contributed by atoms with Gasteiger partial charge in [-0.3, -0.25) is 4.79 Å². The van der Waals surface area contributed by atoms with Crippen molar-refractivity contribution in [3.8, 4) is 0 Å². The number of carboxylic acid groups (broad SMARTS) is 1. The number of hydrogen-bond acceptors (Lipinski definition) is 3. The lowest BCUT2D eigenvalue weighted by Crippen LogP contribution is -2.23. The third-order valence-electron chi connectivity index (χ3n) is 3.61. The van der Waals surface area contributed by atoms with Gasteiger partial charge in [0.15, 0.2) is 0 Å². The lowest BCUT2D eigenvalue weighted by molar-refractivity contribution is -0.141. The predicted molar refractivity (Wildman–Crippen MR) is 74.5 cm³/mol. The van der Waals surface area contributed by atoms with Crippen molar-refractivity contribution in [1.29, 1.82) is 0 Å². The molecule has 5 heteroatoms. The summed E-state index contributed by atoms with van der Waals surface area (Å²) in [5.74, 6) is -1.04. The monoisotopic (exact) mass is 312 g/mol. The maximum absolute atomic E-state index is 11.3. The number of halogens is 1. The summed E-state index contributed by atoms with van der Waals surface area (Å²) in [6, 6.07) is 5.72. The van der Waals surface area contributed by atoms with E-state index in [-0.39, 0.29) is 11.8 Å². The number of nitrogen functional groups attached to an aromatic ring is 1. The summed E-state index contributed by atoms with van der Waals surface area (Å²) in [5, 5.41) is 9.31. The number of nitrogens with zero attached hydrogens (tertiary/aromatic N) is 1. The van der Waals surface area contributed by atoms with Gasteiger partial charge in [0.05, 0.1) is 5.92 Å². The topological polar surface area (TPSA) is 66.6 Å². The minimum absolute atomic E-state index is 0.0258. The van der Waals surface area contributed by atoms with Crippen LogP contribution in [0.4, 0.5) is 5.69 Å². The molecule has 0 amide bonds. The molecular weight excluding hydrogens is 296 g/mol. The smallest absolute Gasteiger partial charge is 0.308 e. The first kappa shape index (κ1) is 13.4. The molecule has 2 rings (SSSR count). The van der Waals surface area contributed by atoms with Crippen molar-refractivity contribution in [3.05, 3.63) is 28.2 Å². The van der Waals surface area contributed by atoms with Gasteiger partial charge < -0.3 is 15.7 Å². The molecule has 1 aliphatic heterocycles. The molecule has 1 aromatic carbocycles. The van der Waals surface area contributed by atoms with Crippen molar-refractivity contribution in [2.75, 3.05) is 25.4 Å². The van der Waals surface area contributed by atoms with Crippen molar-refractivity contribution in [2.24, 2.45) is 5.92 Å². The summed E-state index contributed by atoms with van der Waals surface area (Å²) >= 11 is 3.36. The molecule has 0 aliphatic carbocycles. The maximum atomic E-state index is 11.3. The molecular formula is C13H17BrN2O2. The van der Waals surface area contributed by atoms with Crippen molar-refractivity contribution in [3.63, 3.8) is 0 Å². The van der Waals surface area contributed by atoms with E-state index in [0.717, 1.165) is 23.1 Å². The molecule has 0 saturated carbocycles. The molecule has 2 unspecified atom stereocenters. The zero-order valence-corrected chi connectivity index (χ0v) is 11.9. The fourth-order valence-electron chi connectivity index (χ4n) is 2.52. The van der Waals surface area contributed by atoms with Crippen LogP contribution in [-0.2, 0) is 4.79 Å². The van der Waals surface area contributed by atoms with Crippen molar-refractivity contribution < 1.29 is 9.90 Å². The Labute approximate surface area is 115 Å². The summed E-state index contributed by atoms with van der Waals surface area (Å²) in [6.07, 6.45) is 0. The molecule has 0 spiro atoms. The fourth-order valence-corrected chi connectivity index (χ4v) is 2.77. The highest BCUT2D eigenvalue weighted by atomic mass is 79.9. The van der Waals surface area contributed by atoms with Gasteiger partial charge in [-0.05, 0) is 40.2 Å². The van der Waals surface area contributed by atoms with Crippen molar-refractivity contribution in [1.82, 2.24) is 4.90 Å². The molecule has 1 heterocycles. The largest absolute Gasteiger partial charge is 0.481 e. The minimum atomic E-state index is -0.725. The molecule has 18 heavy (non-hydrogen) atoms. The zero-order valence-electron chi connectivity index (χ0n) is 10.3. The van der Waals surface area contributed by atoms with Crippen LogP contribution >= 0.6 is 15.9 Å². The van der Waals surface area contributed by atoms with Crippen LogP contribution in [0.2, 0.25) is 0 Å². The molecule has 0 bridgehead atoms. The Kier molecular flexibility index (Phi) is 3.92. The number of likely N-dealkylation sites (N-methyl/N-ethyl adjacent to an activating group) is 1. The molecule has 1 saturated heterocycles. The number of anilines is 1. The minimum Gasteiger partial charge on any atom is -0.481 e. The highest BCUT2D eigenvalue weighted by Gasteiger charge is 2.37. The molecule has 1 aliphatic rings. The molecule has 4 nitrogen and oxygen atoms in total. The quantitative estimate of drug-likeness (QED) is 0.839. The Morgan fingerprint density at radius 3 is 2.83 bits per heavy atom. The Bertz CT molecular complexity index is 464.